The highest BCUT2D eigenvalue weighted by Crippen LogP contribution is 2.36. The van der Waals surface area contributed by atoms with E-state index >= 15 is 0 Å². The zero-order valence-corrected chi connectivity index (χ0v) is 13.0. The van der Waals surface area contributed by atoms with Gasteiger partial charge in [0.15, 0.2) is 11.5 Å². The van der Waals surface area contributed by atoms with Crippen LogP contribution in [-0.2, 0) is 0 Å². The van der Waals surface area contributed by atoms with Crippen molar-refractivity contribution in [2.75, 3.05) is 13.9 Å². The van der Waals surface area contributed by atoms with Gasteiger partial charge >= 0.3 is 0 Å². The first-order valence-corrected chi connectivity index (χ1v) is 7.22. The van der Waals surface area contributed by atoms with Crippen molar-refractivity contribution in [1.29, 1.82) is 0 Å². The Balaban J connectivity index is 2.02. The fourth-order valence-electron chi connectivity index (χ4n) is 2.72. The summed E-state index contributed by atoms with van der Waals surface area (Å²) in [5, 5.41) is 11.0. The molecule has 0 radical (unpaired) electrons. The van der Waals surface area contributed by atoms with Gasteiger partial charge in [0.2, 0.25) is 6.79 Å². The Kier molecular flexibility index (Phi) is 3.27. The fraction of sp³-hybridized carbons (Fsp3) is 0.125. The van der Waals surface area contributed by atoms with E-state index in [9.17, 15) is 14.9 Å². The van der Waals surface area contributed by atoms with Gasteiger partial charge in [-0.05, 0) is 6.07 Å². The van der Waals surface area contributed by atoms with Crippen LogP contribution in [0.4, 0.5) is 5.69 Å². The molecule has 1 aromatic heterocycles. The van der Waals surface area contributed by atoms with E-state index < -0.39 is 10.5 Å². The molecule has 3 aromatic rings. The van der Waals surface area contributed by atoms with Crippen LogP contribution in [0, 0.1) is 10.1 Å². The molecular weight excluding hydrogens is 330 g/mol. The molecule has 9 nitrogen and oxygen atoms in total. The lowest BCUT2D eigenvalue weighted by atomic mass is 10.2. The summed E-state index contributed by atoms with van der Waals surface area (Å²) in [6.07, 6.45) is 1.17. The topological polar surface area (TPSA) is 106 Å². The Hall–Kier alpha value is -3.62. The Morgan fingerprint density at radius 3 is 2.72 bits per heavy atom. The molecule has 0 spiro atoms. The van der Waals surface area contributed by atoms with Crippen molar-refractivity contribution in [2.24, 2.45) is 0 Å². The molecule has 126 valence electrons. The van der Waals surface area contributed by atoms with E-state index in [1.54, 1.807) is 12.1 Å². The van der Waals surface area contributed by atoms with E-state index in [0.717, 1.165) is 0 Å². The molecule has 2 aromatic carbocycles. The van der Waals surface area contributed by atoms with Gasteiger partial charge in [0.25, 0.3) is 11.2 Å². The number of nitro groups is 1. The molecule has 9 heteroatoms. The molecule has 0 saturated heterocycles. The summed E-state index contributed by atoms with van der Waals surface area (Å²) in [5.41, 5.74) is 0.820. The second-order valence-electron chi connectivity index (χ2n) is 5.24. The molecule has 0 amide bonds. The molecule has 25 heavy (non-hydrogen) atoms. The Morgan fingerprint density at radius 1 is 1.24 bits per heavy atom. The highest BCUT2D eigenvalue weighted by atomic mass is 16.7. The molecule has 0 fully saturated rings. The van der Waals surface area contributed by atoms with Crippen molar-refractivity contribution >= 4 is 16.7 Å². The third-order valence-corrected chi connectivity index (χ3v) is 3.86. The average Bonchev–Trinajstić information content (AvgIpc) is 3.07. The van der Waals surface area contributed by atoms with Crippen LogP contribution in [0.1, 0.15) is 0 Å². The van der Waals surface area contributed by atoms with E-state index in [4.69, 9.17) is 14.2 Å². The molecular formula is C16H11N3O6. The molecule has 0 N–H and O–H groups in total. The number of rotatable bonds is 3. The number of methoxy groups -OCH3 is 1. The summed E-state index contributed by atoms with van der Waals surface area (Å²) < 4.78 is 17.3. The average molecular weight is 341 g/mol. The number of nitrogens with zero attached hydrogens (tertiary/aromatic N) is 3. The van der Waals surface area contributed by atoms with Crippen LogP contribution in [0.2, 0.25) is 0 Å². The number of hydrogen-bond donors (Lipinski definition) is 0. The quantitative estimate of drug-likeness (QED) is 0.530. The van der Waals surface area contributed by atoms with Gasteiger partial charge < -0.3 is 14.2 Å². The van der Waals surface area contributed by atoms with E-state index in [0.29, 0.717) is 28.2 Å². The van der Waals surface area contributed by atoms with Crippen LogP contribution in [0.15, 0.2) is 41.3 Å². The molecule has 0 atom stereocenters. The molecule has 0 unspecified atom stereocenters. The van der Waals surface area contributed by atoms with E-state index in [1.807, 2.05) is 0 Å². The first kappa shape index (κ1) is 14.9. The molecule has 1 aliphatic heterocycles. The van der Waals surface area contributed by atoms with Gasteiger partial charge in [-0.25, -0.2) is 4.98 Å². The minimum atomic E-state index is -0.530. The zero-order chi connectivity index (χ0) is 17.6. The predicted octanol–water partition coefficient (Wildman–Crippen LogP) is 2.03. The van der Waals surface area contributed by atoms with Crippen LogP contribution < -0.4 is 19.8 Å². The second kappa shape index (κ2) is 5.48. The number of ether oxygens (including phenoxy) is 3. The first-order valence-electron chi connectivity index (χ1n) is 7.22. The number of fused-ring (bicyclic) bond motifs is 2. The molecule has 2 heterocycles. The van der Waals surface area contributed by atoms with Crippen LogP contribution in [0.3, 0.4) is 0 Å². The van der Waals surface area contributed by atoms with Crippen LogP contribution in [0.5, 0.6) is 17.2 Å². The van der Waals surface area contributed by atoms with Crippen molar-refractivity contribution in [1.82, 2.24) is 9.55 Å². The molecule has 1 aliphatic rings. The lowest BCUT2D eigenvalue weighted by molar-refractivity contribution is -0.384. The minimum Gasteiger partial charge on any atom is -0.494 e. The van der Waals surface area contributed by atoms with Gasteiger partial charge in [-0.15, -0.1) is 0 Å². The summed E-state index contributed by atoms with van der Waals surface area (Å²) in [6, 6.07) is 7.35. The van der Waals surface area contributed by atoms with Gasteiger partial charge in [0.05, 0.1) is 41.0 Å². The minimum absolute atomic E-state index is 0.0940. The van der Waals surface area contributed by atoms with E-state index in [1.165, 1.54) is 36.1 Å². The van der Waals surface area contributed by atoms with Crippen molar-refractivity contribution in [2.45, 2.75) is 0 Å². The number of aromatic nitrogens is 2. The van der Waals surface area contributed by atoms with Gasteiger partial charge in [0.1, 0.15) is 5.75 Å². The van der Waals surface area contributed by atoms with Crippen LogP contribution in [0.25, 0.3) is 16.7 Å². The van der Waals surface area contributed by atoms with Gasteiger partial charge in [-0.3, -0.25) is 19.5 Å². The number of hydrogen-bond acceptors (Lipinski definition) is 7. The van der Waals surface area contributed by atoms with Crippen molar-refractivity contribution in [3.63, 3.8) is 0 Å². The van der Waals surface area contributed by atoms with Gasteiger partial charge in [-0.1, -0.05) is 0 Å². The van der Waals surface area contributed by atoms with Gasteiger partial charge in [0, 0.05) is 18.2 Å². The van der Waals surface area contributed by atoms with E-state index in [-0.39, 0.29) is 18.2 Å². The Labute approximate surface area is 140 Å². The summed E-state index contributed by atoms with van der Waals surface area (Å²) in [4.78, 5) is 27.0. The monoisotopic (exact) mass is 341 g/mol. The van der Waals surface area contributed by atoms with Crippen molar-refractivity contribution < 1.29 is 19.1 Å². The van der Waals surface area contributed by atoms with Crippen molar-refractivity contribution in [3.8, 4) is 22.9 Å². The SMILES string of the molecule is COc1cc([N+](=O)[O-])ccc1-n1c(=O)cnc2cc3c(cc21)OCO3. The maximum atomic E-state index is 12.5. The molecule has 0 saturated carbocycles. The van der Waals surface area contributed by atoms with E-state index in [2.05, 4.69) is 4.98 Å². The number of nitro benzene ring substituents is 1. The van der Waals surface area contributed by atoms with Crippen LogP contribution >= 0.6 is 0 Å². The first-order chi connectivity index (χ1) is 12.1. The highest BCUT2D eigenvalue weighted by molar-refractivity contribution is 5.81. The third-order valence-electron chi connectivity index (χ3n) is 3.86. The number of benzene rings is 2. The standard InChI is InChI=1S/C16H11N3O6/c1-23-13-4-9(19(21)22)2-3-11(13)18-12-6-15-14(24-8-25-15)5-10(12)17-7-16(18)20/h2-7H,8H2,1H3. The Morgan fingerprint density at radius 2 is 2.00 bits per heavy atom. The lowest BCUT2D eigenvalue weighted by Gasteiger charge is -2.13. The maximum absolute atomic E-state index is 12.5. The Bertz CT molecular complexity index is 1080. The maximum Gasteiger partial charge on any atom is 0.274 e. The highest BCUT2D eigenvalue weighted by Gasteiger charge is 2.20. The molecule has 0 bridgehead atoms. The molecule has 4 rings (SSSR count). The normalized spacial score (nSPS) is 12.4. The van der Waals surface area contributed by atoms with Crippen molar-refractivity contribution in [3.05, 3.63) is 57.0 Å². The second-order valence-corrected chi connectivity index (χ2v) is 5.24. The molecule has 0 aliphatic carbocycles. The van der Waals surface area contributed by atoms with Gasteiger partial charge in [-0.2, -0.15) is 0 Å². The summed E-state index contributed by atoms with van der Waals surface area (Å²) in [5.74, 6) is 1.23. The zero-order valence-electron chi connectivity index (χ0n) is 13.0. The fourth-order valence-corrected chi connectivity index (χ4v) is 2.72. The lowest BCUT2D eigenvalue weighted by Crippen LogP contribution is -2.19. The largest absolute Gasteiger partial charge is 0.494 e. The summed E-state index contributed by atoms with van der Waals surface area (Å²) in [6.45, 7) is 0.0940. The smallest absolute Gasteiger partial charge is 0.274 e. The predicted molar refractivity (Wildman–Crippen MR) is 86.7 cm³/mol. The summed E-state index contributed by atoms with van der Waals surface area (Å²) >= 11 is 0. The summed E-state index contributed by atoms with van der Waals surface area (Å²) in [7, 11) is 1.38. The number of non-ortho nitro benzene ring substituents is 1. The van der Waals surface area contributed by atoms with Crippen LogP contribution in [-0.4, -0.2) is 28.4 Å². The third kappa shape index (κ3) is 2.33.